The molecule has 0 unspecified atom stereocenters. The van der Waals surface area contributed by atoms with E-state index in [9.17, 15) is 17.6 Å². The molecular formula is C22H23F4NO3. The Balaban J connectivity index is 1.83. The van der Waals surface area contributed by atoms with Crippen LogP contribution in [0.4, 0.5) is 17.6 Å². The zero-order chi connectivity index (χ0) is 22.0. The highest BCUT2D eigenvalue weighted by Crippen LogP contribution is 2.26. The molecular weight excluding hydrogens is 402 g/mol. The summed E-state index contributed by atoms with van der Waals surface area (Å²) in [6.07, 6.45) is -0.0489. The van der Waals surface area contributed by atoms with Crippen molar-refractivity contribution < 1.29 is 31.9 Å². The third-order valence-corrected chi connectivity index (χ3v) is 3.71. The van der Waals surface area contributed by atoms with E-state index in [1.165, 1.54) is 12.1 Å². The van der Waals surface area contributed by atoms with Gasteiger partial charge in [-0.1, -0.05) is 49.3 Å². The predicted molar refractivity (Wildman–Crippen MR) is 106 cm³/mol. The number of alkyl halides is 3. The quantitative estimate of drug-likeness (QED) is 0.255. The van der Waals surface area contributed by atoms with Gasteiger partial charge in [0.1, 0.15) is 5.75 Å². The van der Waals surface area contributed by atoms with Crippen molar-refractivity contribution >= 4 is 6.21 Å². The third-order valence-electron chi connectivity index (χ3n) is 3.71. The van der Waals surface area contributed by atoms with Crippen molar-refractivity contribution in [3.8, 4) is 11.5 Å². The molecule has 0 amide bonds. The van der Waals surface area contributed by atoms with Crippen LogP contribution in [0.15, 0.2) is 65.8 Å². The van der Waals surface area contributed by atoms with Gasteiger partial charge in [0.25, 0.3) is 0 Å². The normalized spacial score (nSPS) is 12.6. The van der Waals surface area contributed by atoms with Crippen molar-refractivity contribution in [3.05, 3.63) is 72.1 Å². The summed E-state index contributed by atoms with van der Waals surface area (Å²) in [5, 5.41) is 3.22. The van der Waals surface area contributed by atoms with Gasteiger partial charge in [-0.05, 0) is 35.9 Å². The fraction of sp³-hybridized carbons (Fsp3) is 0.318. The van der Waals surface area contributed by atoms with E-state index in [0.29, 0.717) is 12.4 Å². The highest BCUT2D eigenvalue weighted by atomic mass is 19.4. The van der Waals surface area contributed by atoms with Crippen LogP contribution in [0.5, 0.6) is 11.5 Å². The van der Waals surface area contributed by atoms with Gasteiger partial charge in [-0.15, -0.1) is 0 Å². The van der Waals surface area contributed by atoms with Crippen LogP contribution in [-0.4, -0.2) is 25.6 Å². The first-order chi connectivity index (χ1) is 14.1. The van der Waals surface area contributed by atoms with E-state index < -0.39 is 24.0 Å². The molecule has 0 saturated carbocycles. The summed E-state index contributed by atoms with van der Waals surface area (Å²) in [5.74, 6) is 0.163. The van der Waals surface area contributed by atoms with Crippen molar-refractivity contribution in [2.24, 2.45) is 10.6 Å². The maximum absolute atomic E-state index is 14.0. The van der Waals surface area contributed by atoms with Gasteiger partial charge in [0.05, 0.1) is 19.4 Å². The van der Waals surface area contributed by atoms with Crippen molar-refractivity contribution in [1.82, 2.24) is 0 Å². The fourth-order valence-corrected chi connectivity index (χ4v) is 2.30. The second-order valence-electron chi connectivity index (χ2n) is 7.16. The predicted octanol–water partition coefficient (Wildman–Crippen LogP) is 6.28. The number of rotatable bonds is 10. The summed E-state index contributed by atoms with van der Waals surface area (Å²) < 4.78 is 61.0. The molecule has 4 nitrogen and oxygen atoms in total. The Labute approximate surface area is 172 Å². The molecule has 162 valence electrons. The van der Waals surface area contributed by atoms with Crippen LogP contribution < -0.4 is 4.74 Å². The first kappa shape index (κ1) is 23.4. The molecule has 0 saturated heterocycles. The number of hydrogen-bond donors (Lipinski definition) is 0. The molecule has 2 aromatic carbocycles. The molecule has 2 rings (SSSR count). The van der Waals surface area contributed by atoms with Gasteiger partial charge in [-0.3, -0.25) is 0 Å². The van der Waals surface area contributed by atoms with Crippen LogP contribution >= 0.6 is 0 Å². The number of nitrogens with zero attached hydrogens (tertiary/aromatic N) is 1. The Morgan fingerprint density at radius 3 is 2.43 bits per heavy atom. The van der Waals surface area contributed by atoms with Crippen LogP contribution in [0.1, 0.15) is 19.4 Å². The summed E-state index contributed by atoms with van der Waals surface area (Å²) in [6.45, 7) is 2.92. The second kappa shape index (κ2) is 10.8. The molecule has 2 aromatic rings. The average Bonchev–Trinajstić information content (AvgIpc) is 2.67. The molecule has 0 bridgehead atoms. The monoisotopic (exact) mass is 425 g/mol. The van der Waals surface area contributed by atoms with Crippen LogP contribution in [0.2, 0.25) is 0 Å². The highest BCUT2D eigenvalue weighted by molar-refractivity contribution is 5.70. The first-order valence-electron chi connectivity index (χ1n) is 9.14. The van der Waals surface area contributed by atoms with Gasteiger partial charge >= 0.3 is 6.18 Å². The van der Waals surface area contributed by atoms with E-state index in [1.807, 2.05) is 19.9 Å². The zero-order valence-electron chi connectivity index (χ0n) is 16.7. The standard InChI is InChI=1S/C22H23F4NO3/c1-21(2,11-6-12-27-29-16-22(24,25)26)15-28-14-17-9-10-19(23)20(13-17)30-18-7-4-3-5-8-18/h3-13H,14-16H2,1-2H3. The maximum atomic E-state index is 14.0. The highest BCUT2D eigenvalue weighted by Gasteiger charge is 2.28. The number of benzene rings is 2. The lowest BCUT2D eigenvalue weighted by Crippen LogP contribution is -2.16. The van der Waals surface area contributed by atoms with E-state index >= 15 is 0 Å². The van der Waals surface area contributed by atoms with Crippen molar-refractivity contribution in [2.45, 2.75) is 26.6 Å². The van der Waals surface area contributed by atoms with Crippen molar-refractivity contribution in [2.75, 3.05) is 13.2 Å². The number of hydrogen-bond acceptors (Lipinski definition) is 4. The summed E-state index contributed by atoms with van der Waals surface area (Å²) >= 11 is 0. The molecule has 0 heterocycles. The van der Waals surface area contributed by atoms with Crippen LogP contribution in [0, 0.1) is 11.2 Å². The van der Waals surface area contributed by atoms with Crippen molar-refractivity contribution in [1.29, 1.82) is 0 Å². The molecule has 0 aliphatic rings. The zero-order valence-corrected chi connectivity index (χ0v) is 16.7. The summed E-state index contributed by atoms with van der Waals surface area (Å²) in [7, 11) is 0. The Kier molecular flexibility index (Phi) is 8.41. The topological polar surface area (TPSA) is 40.0 Å². The summed E-state index contributed by atoms with van der Waals surface area (Å²) in [6, 6.07) is 13.4. The fourth-order valence-electron chi connectivity index (χ4n) is 2.30. The number of halogens is 4. The number of oxime groups is 1. The lowest BCUT2D eigenvalue weighted by molar-refractivity contribution is -0.173. The number of para-hydroxylation sites is 1. The molecule has 0 aliphatic carbocycles. The molecule has 0 fully saturated rings. The first-order valence-corrected chi connectivity index (χ1v) is 9.14. The molecule has 0 atom stereocenters. The number of ether oxygens (including phenoxy) is 2. The van der Waals surface area contributed by atoms with Crippen LogP contribution in [0.25, 0.3) is 0 Å². The lowest BCUT2D eigenvalue weighted by Gasteiger charge is -2.20. The second-order valence-corrected chi connectivity index (χ2v) is 7.16. The Bertz CT molecular complexity index is 849. The van der Waals surface area contributed by atoms with Gasteiger partial charge in [0, 0.05) is 5.41 Å². The van der Waals surface area contributed by atoms with Crippen LogP contribution in [0.3, 0.4) is 0 Å². The average molecular weight is 425 g/mol. The molecule has 0 aliphatic heterocycles. The van der Waals surface area contributed by atoms with E-state index in [-0.39, 0.29) is 12.4 Å². The Morgan fingerprint density at radius 1 is 1.00 bits per heavy atom. The summed E-state index contributed by atoms with van der Waals surface area (Å²) in [5.41, 5.74) is 0.337. The van der Waals surface area contributed by atoms with E-state index in [0.717, 1.165) is 11.8 Å². The van der Waals surface area contributed by atoms with E-state index in [1.54, 1.807) is 42.5 Å². The van der Waals surface area contributed by atoms with Crippen molar-refractivity contribution in [3.63, 3.8) is 0 Å². The number of allylic oxidation sites excluding steroid dienone is 1. The lowest BCUT2D eigenvalue weighted by atomic mass is 9.94. The van der Waals surface area contributed by atoms with Gasteiger partial charge in [-0.2, -0.15) is 13.2 Å². The smallest absolute Gasteiger partial charge is 0.425 e. The summed E-state index contributed by atoms with van der Waals surface area (Å²) in [4.78, 5) is 4.13. The Hall–Kier alpha value is -2.87. The minimum atomic E-state index is -4.42. The SMILES string of the molecule is CC(C)(C=CC=NOCC(F)(F)F)COCc1ccc(F)c(Oc2ccccc2)c1. The molecule has 30 heavy (non-hydrogen) atoms. The largest absolute Gasteiger partial charge is 0.454 e. The minimum absolute atomic E-state index is 0.108. The molecule has 0 N–H and O–H groups in total. The third kappa shape index (κ3) is 9.09. The minimum Gasteiger partial charge on any atom is -0.454 e. The molecule has 0 spiro atoms. The molecule has 8 heteroatoms. The van der Waals surface area contributed by atoms with E-state index in [2.05, 4.69) is 9.99 Å². The van der Waals surface area contributed by atoms with Gasteiger partial charge in [0.15, 0.2) is 11.6 Å². The van der Waals surface area contributed by atoms with Gasteiger partial charge in [0.2, 0.25) is 6.61 Å². The Morgan fingerprint density at radius 2 is 1.73 bits per heavy atom. The molecule has 0 aromatic heterocycles. The maximum Gasteiger partial charge on any atom is 0.425 e. The molecule has 0 radical (unpaired) electrons. The van der Waals surface area contributed by atoms with E-state index in [4.69, 9.17) is 9.47 Å². The van der Waals surface area contributed by atoms with Gasteiger partial charge in [-0.25, -0.2) is 4.39 Å². The van der Waals surface area contributed by atoms with Crippen LogP contribution in [-0.2, 0) is 16.2 Å². The van der Waals surface area contributed by atoms with Gasteiger partial charge < -0.3 is 14.3 Å².